The van der Waals surface area contributed by atoms with Crippen LogP contribution in [0.15, 0.2) is 41.3 Å². The van der Waals surface area contributed by atoms with Gasteiger partial charge in [-0.15, -0.1) is 0 Å². The van der Waals surface area contributed by atoms with Crippen LogP contribution in [0.25, 0.3) is 0 Å². The molecule has 0 spiro atoms. The van der Waals surface area contributed by atoms with Crippen LogP contribution in [0.2, 0.25) is 0 Å². The lowest BCUT2D eigenvalue weighted by atomic mass is 10.3. The number of methoxy groups -OCH3 is 1. The van der Waals surface area contributed by atoms with Gasteiger partial charge in [0.25, 0.3) is 5.91 Å². The van der Waals surface area contributed by atoms with Crippen molar-refractivity contribution in [2.45, 2.75) is 26.8 Å². The van der Waals surface area contributed by atoms with Crippen LogP contribution < -0.4 is 25.0 Å². The van der Waals surface area contributed by atoms with Crippen molar-refractivity contribution in [1.82, 2.24) is 9.88 Å². The highest BCUT2D eigenvalue weighted by Crippen LogP contribution is 2.17. The van der Waals surface area contributed by atoms with Crippen molar-refractivity contribution in [2.24, 2.45) is 0 Å². The monoisotopic (exact) mass is 374 g/mol. The van der Waals surface area contributed by atoms with Crippen molar-refractivity contribution in [3.05, 3.63) is 52.4 Å². The van der Waals surface area contributed by atoms with E-state index in [9.17, 15) is 9.59 Å². The summed E-state index contributed by atoms with van der Waals surface area (Å²) in [5.74, 6) is 1.45. The predicted molar refractivity (Wildman–Crippen MR) is 103 cm³/mol. The zero-order valence-corrected chi connectivity index (χ0v) is 16.0. The summed E-state index contributed by atoms with van der Waals surface area (Å²) in [6, 6.07) is 8.76. The first-order chi connectivity index (χ1) is 13.0. The molecule has 2 rings (SSSR count). The third-order valence-electron chi connectivity index (χ3n) is 3.97. The van der Waals surface area contributed by atoms with Crippen LogP contribution in [0.1, 0.15) is 19.0 Å². The van der Waals surface area contributed by atoms with Gasteiger partial charge in [0.1, 0.15) is 18.1 Å². The molecule has 1 heterocycles. The molecule has 0 aliphatic heterocycles. The summed E-state index contributed by atoms with van der Waals surface area (Å²) in [6.45, 7) is 5.12. The van der Waals surface area contributed by atoms with Crippen molar-refractivity contribution in [3.63, 3.8) is 0 Å². The molecule has 0 unspecified atom stereocenters. The van der Waals surface area contributed by atoms with Gasteiger partial charge in [-0.25, -0.2) is 0 Å². The molecule has 0 atom stereocenters. The van der Waals surface area contributed by atoms with E-state index in [1.807, 2.05) is 35.8 Å². The molecule has 146 valence electrons. The van der Waals surface area contributed by atoms with E-state index in [2.05, 4.69) is 5.32 Å². The van der Waals surface area contributed by atoms with E-state index in [1.165, 1.54) is 6.07 Å². The Morgan fingerprint density at radius 2 is 1.81 bits per heavy atom. The summed E-state index contributed by atoms with van der Waals surface area (Å²) in [5.41, 5.74) is 0.409. The summed E-state index contributed by atoms with van der Waals surface area (Å²) >= 11 is 0. The molecule has 0 fully saturated rings. The molecular formula is C20H26N2O5. The van der Waals surface area contributed by atoms with E-state index in [-0.39, 0.29) is 23.7 Å². The second-order valence-corrected chi connectivity index (χ2v) is 5.95. The second-order valence-electron chi connectivity index (χ2n) is 5.95. The summed E-state index contributed by atoms with van der Waals surface area (Å²) in [5, 5.41) is 2.72. The maximum Gasteiger partial charge on any atom is 0.257 e. The number of amides is 1. The Labute approximate surface area is 158 Å². The highest BCUT2D eigenvalue weighted by Gasteiger charge is 2.11. The summed E-state index contributed by atoms with van der Waals surface area (Å²) in [6.07, 6.45) is 2.54. The quantitative estimate of drug-likeness (QED) is 0.689. The minimum absolute atomic E-state index is 0.178. The number of nitrogens with zero attached hydrogens (tertiary/aromatic N) is 1. The fraction of sp³-hybridized carbons (Fsp3) is 0.400. The first kappa shape index (κ1) is 20.4. The lowest BCUT2D eigenvalue weighted by Crippen LogP contribution is -2.30. The fourth-order valence-corrected chi connectivity index (χ4v) is 2.46. The lowest BCUT2D eigenvalue weighted by molar-refractivity contribution is -0.123. The Kier molecular flexibility index (Phi) is 7.73. The van der Waals surface area contributed by atoms with Crippen molar-refractivity contribution < 1.29 is 19.0 Å². The van der Waals surface area contributed by atoms with Gasteiger partial charge in [0.15, 0.2) is 12.4 Å². The zero-order valence-electron chi connectivity index (χ0n) is 16.0. The van der Waals surface area contributed by atoms with Crippen molar-refractivity contribution >= 4 is 5.91 Å². The lowest BCUT2D eigenvalue weighted by Gasteiger charge is -2.15. The normalized spacial score (nSPS) is 10.3. The molecule has 1 N–H and O–H groups in total. The minimum Gasteiger partial charge on any atom is -0.497 e. The van der Waals surface area contributed by atoms with Gasteiger partial charge in [-0.1, -0.05) is 6.92 Å². The van der Waals surface area contributed by atoms with Crippen LogP contribution in [0, 0.1) is 6.92 Å². The number of hydrogen-bond acceptors (Lipinski definition) is 5. The molecule has 7 heteroatoms. The van der Waals surface area contributed by atoms with Gasteiger partial charge in [0.05, 0.1) is 19.3 Å². The molecule has 7 nitrogen and oxygen atoms in total. The third-order valence-corrected chi connectivity index (χ3v) is 3.97. The second kappa shape index (κ2) is 10.3. The molecule has 0 radical (unpaired) electrons. The van der Waals surface area contributed by atoms with E-state index in [1.54, 1.807) is 20.2 Å². The summed E-state index contributed by atoms with van der Waals surface area (Å²) in [4.78, 5) is 23.7. The number of pyridine rings is 1. The van der Waals surface area contributed by atoms with Crippen LogP contribution >= 0.6 is 0 Å². The number of ether oxygens (including phenoxy) is 3. The van der Waals surface area contributed by atoms with Crippen LogP contribution in [-0.4, -0.2) is 37.3 Å². The number of benzene rings is 1. The first-order valence-corrected chi connectivity index (χ1v) is 8.91. The highest BCUT2D eigenvalue weighted by molar-refractivity contribution is 5.77. The fourth-order valence-electron chi connectivity index (χ4n) is 2.46. The molecule has 0 aliphatic rings. The van der Waals surface area contributed by atoms with Gasteiger partial charge in [-0.05, 0) is 37.6 Å². The number of rotatable bonds is 10. The Morgan fingerprint density at radius 3 is 2.48 bits per heavy atom. The number of nitrogens with one attached hydrogen (secondary N) is 1. The van der Waals surface area contributed by atoms with Crippen LogP contribution in [-0.2, 0) is 11.3 Å². The van der Waals surface area contributed by atoms with Crippen LogP contribution in [0.3, 0.4) is 0 Å². The van der Waals surface area contributed by atoms with Crippen molar-refractivity contribution in [2.75, 3.05) is 26.9 Å². The maximum atomic E-state index is 12.1. The summed E-state index contributed by atoms with van der Waals surface area (Å²) < 4.78 is 18.2. The van der Waals surface area contributed by atoms with Gasteiger partial charge in [-0.2, -0.15) is 0 Å². The van der Waals surface area contributed by atoms with Gasteiger partial charge in [0.2, 0.25) is 5.43 Å². The molecule has 0 saturated heterocycles. The smallest absolute Gasteiger partial charge is 0.257 e. The largest absolute Gasteiger partial charge is 0.497 e. The number of carbonyl (C=O) groups is 1. The first-order valence-electron chi connectivity index (χ1n) is 8.91. The van der Waals surface area contributed by atoms with Crippen LogP contribution in [0.4, 0.5) is 0 Å². The average molecular weight is 374 g/mol. The van der Waals surface area contributed by atoms with Gasteiger partial charge in [-0.3, -0.25) is 9.59 Å². The maximum absolute atomic E-state index is 12.1. The summed E-state index contributed by atoms with van der Waals surface area (Å²) in [7, 11) is 1.61. The van der Waals surface area contributed by atoms with Crippen molar-refractivity contribution in [1.29, 1.82) is 0 Å². The van der Waals surface area contributed by atoms with Crippen LogP contribution in [0.5, 0.6) is 17.2 Å². The zero-order chi connectivity index (χ0) is 19.6. The number of carbonyl (C=O) groups excluding carboxylic acids is 1. The molecule has 1 aromatic carbocycles. The minimum atomic E-state index is -0.247. The van der Waals surface area contributed by atoms with Gasteiger partial charge in [0, 0.05) is 18.8 Å². The van der Waals surface area contributed by atoms with E-state index >= 15 is 0 Å². The van der Waals surface area contributed by atoms with E-state index < -0.39 is 0 Å². The Balaban J connectivity index is 1.94. The van der Waals surface area contributed by atoms with E-state index in [0.29, 0.717) is 25.4 Å². The molecule has 2 aromatic rings. The van der Waals surface area contributed by atoms with E-state index in [0.717, 1.165) is 17.9 Å². The standard InChI is InChI=1S/C20H26N2O5/c1-4-10-21-19(24)14-27-20-15(2)22(11-9-18(20)23)12-13-26-17-7-5-16(25-3)6-8-17/h5-9,11H,4,10,12-14H2,1-3H3,(H,21,24). The Hall–Kier alpha value is -2.96. The Bertz CT molecular complexity index is 799. The van der Waals surface area contributed by atoms with Gasteiger partial charge < -0.3 is 24.1 Å². The molecule has 0 aliphatic carbocycles. The SMILES string of the molecule is CCCNC(=O)COc1c(C)n(CCOc2ccc(OC)cc2)ccc1=O. The molecule has 1 aromatic heterocycles. The Morgan fingerprint density at radius 1 is 1.11 bits per heavy atom. The molecule has 0 bridgehead atoms. The predicted octanol–water partition coefficient (Wildman–Crippen LogP) is 2.15. The third kappa shape index (κ3) is 6.06. The van der Waals surface area contributed by atoms with Crippen molar-refractivity contribution in [3.8, 4) is 17.2 Å². The highest BCUT2D eigenvalue weighted by atomic mass is 16.5. The molecular weight excluding hydrogens is 348 g/mol. The van der Waals surface area contributed by atoms with E-state index in [4.69, 9.17) is 14.2 Å². The number of hydrogen-bond donors (Lipinski definition) is 1. The topological polar surface area (TPSA) is 78.8 Å². The number of aromatic nitrogens is 1. The van der Waals surface area contributed by atoms with Gasteiger partial charge >= 0.3 is 0 Å². The molecule has 1 amide bonds. The molecule has 27 heavy (non-hydrogen) atoms. The average Bonchev–Trinajstić information content (AvgIpc) is 2.68. The molecule has 0 saturated carbocycles.